The Balaban J connectivity index is 1.88. The van der Waals surface area contributed by atoms with E-state index in [2.05, 4.69) is 17.6 Å². The maximum Gasteiger partial charge on any atom is 0.243 e. The zero-order valence-electron chi connectivity index (χ0n) is 17.8. The first-order valence-corrected chi connectivity index (χ1v) is 10.4. The molecule has 0 saturated carbocycles. The summed E-state index contributed by atoms with van der Waals surface area (Å²) in [6.45, 7) is 4.18. The van der Waals surface area contributed by atoms with E-state index in [0.717, 1.165) is 30.4 Å². The number of hydrogen-bond acceptors (Lipinski definition) is 3. The molecule has 0 saturated heterocycles. The Morgan fingerprint density at radius 3 is 2.40 bits per heavy atom. The van der Waals surface area contributed by atoms with Gasteiger partial charge in [-0.05, 0) is 36.6 Å². The van der Waals surface area contributed by atoms with Crippen molar-refractivity contribution >= 4 is 23.4 Å². The number of carbonyl (C=O) groups excluding carboxylic acids is 3. The zero-order valence-corrected chi connectivity index (χ0v) is 17.8. The first-order chi connectivity index (χ1) is 14.5. The van der Waals surface area contributed by atoms with Crippen molar-refractivity contribution in [1.82, 2.24) is 10.2 Å². The lowest BCUT2D eigenvalue weighted by Crippen LogP contribution is -2.42. The van der Waals surface area contributed by atoms with Gasteiger partial charge in [-0.2, -0.15) is 0 Å². The van der Waals surface area contributed by atoms with Crippen LogP contribution in [0.1, 0.15) is 43.7 Å². The van der Waals surface area contributed by atoms with Crippen LogP contribution in [0.15, 0.2) is 54.6 Å². The SMILES string of the molecule is CCCCCC(=O)N(CC(=O)NCC(=O)Nc1cccc(C)c1)Cc1ccccc1. The van der Waals surface area contributed by atoms with Gasteiger partial charge in [-0.15, -0.1) is 0 Å². The third-order valence-corrected chi connectivity index (χ3v) is 4.65. The van der Waals surface area contributed by atoms with Crippen molar-refractivity contribution in [3.8, 4) is 0 Å². The highest BCUT2D eigenvalue weighted by molar-refractivity contribution is 5.95. The number of anilines is 1. The molecule has 0 bridgehead atoms. The first-order valence-electron chi connectivity index (χ1n) is 10.4. The molecule has 2 aromatic rings. The second kappa shape index (κ2) is 12.4. The highest BCUT2D eigenvalue weighted by atomic mass is 16.2. The van der Waals surface area contributed by atoms with Crippen molar-refractivity contribution in [2.75, 3.05) is 18.4 Å². The van der Waals surface area contributed by atoms with Crippen LogP contribution >= 0.6 is 0 Å². The van der Waals surface area contributed by atoms with Crippen LogP contribution in [0.3, 0.4) is 0 Å². The van der Waals surface area contributed by atoms with Crippen molar-refractivity contribution in [2.24, 2.45) is 0 Å². The molecule has 6 heteroatoms. The van der Waals surface area contributed by atoms with Crippen molar-refractivity contribution in [3.63, 3.8) is 0 Å². The molecule has 2 rings (SSSR count). The Bertz CT molecular complexity index is 837. The van der Waals surface area contributed by atoms with Gasteiger partial charge in [0.2, 0.25) is 17.7 Å². The number of unbranched alkanes of at least 4 members (excludes halogenated alkanes) is 2. The Hall–Kier alpha value is -3.15. The average molecular weight is 410 g/mol. The van der Waals surface area contributed by atoms with Gasteiger partial charge >= 0.3 is 0 Å². The molecule has 3 amide bonds. The average Bonchev–Trinajstić information content (AvgIpc) is 2.73. The lowest BCUT2D eigenvalue weighted by Gasteiger charge is -2.22. The van der Waals surface area contributed by atoms with E-state index >= 15 is 0 Å². The van der Waals surface area contributed by atoms with Gasteiger partial charge < -0.3 is 15.5 Å². The smallest absolute Gasteiger partial charge is 0.243 e. The second-order valence-corrected chi connectivity index (χ2v) is 7.39. The van der Waals surface area contributed by atoms with Crippen LogP contribution in [0.5, 0.6) is 0 Å². The summed E-state index contributed by atoms with van der Waals surface area (Å²) in [7, 11) is 0. The fourth-order valence-electron chi connectivity index (χ4n) is 3.06. The van der Waals surface area contributed by atoms with E-state index in [1.807, 2.05) is 55.5 Å². The van der Waals surface area contributed by atoms with Gasteiger partial charge in [0.15, 0.2) is 0 Å². The summed E-state index contributed by atoms with van der Waals surface area (Å²) in [6, 6.07) is 17.0. The van der Waals surface area contributed by atoms with E-state index in [1.165, 1.54) is 0 Å². The maximum atomic E-state index is 12.6. The summed E-state index contributed by atoms with van der Waals surface area (Å²) in [5.74, 6) is -0.710. The standard InChI is InChI=1S/C24H31N3O3/c1-3-4-6-14-24(30)27(17-20-11-7-5-8-12-20)18-23(29)25-16-22(28)26-21-13-9-10-19(2)15-21/h5,7-13,15H,3-4,6,14,16-18H2,1-2H3,(H,25,29)(H,26,28). The summed E-state index contributed by atoms with van der Waals surface area (Å²) in [4.78, 5) is 38.7. The number of hydrogen-bond donors (Lipinski definition) is 2. The molecule has 30 heavy (non-hydrogen) atoms. The van der Waals surface area contributed by atoms with Crippen LogP contribution < -0.4 is 10.6 Å². The second-order valence-electron chi connectivity index (χ2n) is 7.39. The van der Waals surface area contributed by atoms with E-state index in [9.17, 15) is 14.4 Å². The van der Waals surface area contributed by atoms with Gasteiger partial charge in [-0.25, -0.2) is 0 Å². The van der Waals surface area contributed by atoms with Crippen LogP contribution in [0, 0.1) is 6.92 Å². The van der Waals surface area contributed by atoms with Crippen LogP contribution in [0.25, 0.3) is 0 Å². The molecule has 0 radical (unpaired) electrons. The summed E-state index contributed by atoms with van der Waals surface area (Å²) in [5, 5.41) is 5.36. The van der Waals surface area contributed by atoms with Gasteiger partial charge in [-0.3, -0.25) is 14.4 Å². The Kier molecular flexibility index (Phi) is 9.58. The molecule has 0 atom stereocenters. The van der Waals surface area contributed by atoms with Gasteiger partial charge in [0.25, 0.3) is 0 Å². The van der Waals surface area contributed by atoms with Crippen molar-refractivity contribution in [2.45, 2.75) is 46.1 Å². The number of aryl methyl sites for hydroxylation is 1. The number of carbonyl (C=O) groups is 3. The van der Waals surface area contributed by atoms with Crippen molar-refractivity contribution in [1.29, 1.82) is 0 Å². The monoisotopic (exact) mass is 409 g/mol. The topological polar surface area (TPSA) is 78.5 Å². The third kappa shape index (κ3) is 8.47. The summed E-state index contributed by atoms with van der Waals surface area (Å²) < 4.78 is 0. The van der Waals surface area contributed by atoms with E-state index in [-0.39, 0.29) is 30.8 Å². The minimum atomic E-state index is -0.353. The molecule has 0 aliphatic rings. The van der Waals surface area contributed by atoms with E-state index < -0.39 is 0 Å². The predicted molar refractivity (Wildman–Crippen MR) is 119 cm³/mol. The molecular weight excluding hydrogens is 378 g/mol. The number of nitrogens with one attached hydrogen (secondary N) is 2. The lowest BCUT2D eigenvalue weighted by molar-refractivity contribution is -0.137. The molecule has 0 fully saturated rings. The molecule has 0 heterocycles. The van der Waals surface area contributed by atoms with E-state index in [1.54, 1.807) is 11.0 Å². The summed E-state index contributed by atoms with van der Waals surface area (Å²) in [6.07, 6.45) is 3.24. The van der Waals surface area contributed by atoms with Gasteiger partial charge in [0, 0.05) is 18.7 Å². The molecule has 2 aromatic carbocycles. The van der Waals surface area contributed by atoms with Gasteiger partial charge in [-0.1, -0.05) is 62.2 Å². The Morgan fingerprint density at radius 2 is 1.70 bits per heavy atom. The van der Waals surface area contributed by atoms with Gasteiger partial charge in [0.1, 0.15) is 0 Å². The third-order valence-electron chi connectivity index (χ3n) is 4.65. The Morgan fingerprint density at radius 1 is 0.933 bits per heavy atom. The quantitative estimate of drug-likeness (QED) is 0.556. The zero-order chi connectivity index (χ0) is 21.8. The molecule has 0 spiro atoms. The van der Waals surface area contributed by atoms with Crippen LogP contribution in [-0.4, -0.2) is 35.7 Å². The normalized spacial score (nSPS) is 10.3. The molecule has 0 unspecified atom stereocenters. The van der Waals surface area contributed by atoms with E-state index in [0.29, 0.717) is 18.7 Å². The van der Waals surface area contributed by atoms with Crippen molar-refractivity contribution in [3.05, 3.63) is 65.7 Å². The molecule has 0 aromatic heterocycles. The number of benzene rings is 2. The molecular formula is C24H31N3O3. The number of rotatable bonds is 11. The lowest BCUT2D eigenvalue weighted by atomic mass is 10.1. The summed E-state index contributed by atoms with van der Waals surface area (Å²) in [5.41, 5.74) is 2.69. The van der Waals surface area contributed by atoms with Crippen molar-refractivity contribution < 1.29 is 14.4 Å². The molecule has 2 N–H and O–H groups in total. The highest BCUT2D eigenvalue weighted by Gasteiger charge is 2.18. The minimum absolute atomic E-state index is 0.0494. The fourth-order valence-corrected chi connectivity index (χ4v) is 3.06. The Labute approximate surface area is 178 Å². The molecule has 160 valence electrons. The predicted octanol–water partition coefficient (Wildman–Crippen LogP) is 3.66. The summed E-state index contributed by atoms with van der Waals surface area (Å²) >= 11 is 0. The van der Waals surface area contributed by atoms with Gasteiger partial charge in [0.05, 0.1) is 13.1 Å². The number of amides is 3. The van der Waals surface area contributed by atoms with E-state index in [4.69, 9.17) is 0 Å². The van der Waals surface area contributed by atoms with Crippen LogP contribution in [-0.2, 0) is 20.9 Å². The van der Waals surface area contributed by atoms with Crippen LogP contribution in [0.4, 0.5) is 5.69 Å². The fraction of sp³-hybridized carbons (Fsp3) is 0.375. The molecule has 0 aliphatic heterocycles. The molecule has 0 aliphatic carbocycles. The van der Waals surface area contributed by atoms with Crippen LogP contribution in [0.2, 0.25) is 0 Å². The maximum absolute atomic E-state index is 12.6. The molecule has 6 nitrogen and oxygen atoms in total. The highest BCUT2D eigenvalue weighted by Crippen LogP contribution is 2.10. The number of nitrogens with zero attached hydrogens (tertiary/aromatic N) is 1. The minimum Gasteiger partial charge on any atom is -0.345 e. The first kappa shape index (κ1) is 23.1. The largest absolute Gasteiger partial charge is 0.345 e.